The standard InChI is InChI=1S/C21H15FN2O3.CH3F/c22-21(26)27-16-12-10-14(11-13-16)23-19-17-8-4-5-9-18(17)24(20(19)25)15-6-2-1-3-7-15;1-2/h1-13,21,26H;1H3. The van der Waals surface area contributed by atoms with Crippen LogP contribution in [0.1, 0.15) is 5.56 Å². The summed E-state index contributed by atoms with van der Waals surface area (Å²) in [5.41, 5.74) is 3.12. The van der Waals surface area contributed by atoms with Crippen molar-refractivity contribution in [1.29, 1.82) is 0 Å². The maximum Gasteiger partial charge on any atom is 0.350 e. The predicted octanol–water partition coefficient (Wildman–Crippen LogP) is 4.70. The van der Waals surface area contributed by atoms with Gasteiger partial charge in [0.1, 0.15) is 11.5 Å². The summed E-state index contributed by atoms with van der Waals surface area (Å²) in [7, 11) is 0.500. The first-order valence-electron chi connectivity index (χ1n) is 8.68. The minimum atomic E-state index is -2.38. The number of amides is 1. The van der Waals surface area contributed by atoms with Crippen LogP contribution >= 0.6 is 0 Å². The summed E-state index contributed by atoms with van der Waals surface area (Å²) in [6, 6.07) is 23.0. The van der Waals surface area contributed by atoms with E-state index in [9.17, 15) is 13.6 Å². The van der Waals surface area contributed by atoms with Crippen LogP contribution in [0.3, 0.4) is 0 Å². The fourth-order valence-corrected chi connectivity index (χ4v) is 2.98. The number of aliphatic hydroxyl groups excluding tert-OH is 1. The molecule has 1 N–H and O–H groups in total. The summed E-state index contributed by atoms with van der Waals surface area (Å²) >= 11 is 0. The van der Waals surface area contributed by atoms with Crippen molar-refractivity contribution >= 4 is 28.7 Å². The predicted molar refractivity (Wildman–Crippen MR) is 107 cm³/mol. The minimum absolute atomic E-state index is 0.165. The van der Waals surface area contributed by atoms with Crippen LogP contribution in [0.25, 0.3) is 0 Å². The highest BCUT2D eigenvalue weighted by Gasteiger charge is 2.34. The highest BCUT2D eigenvalue weighted by molar-refractivity contribution is 6.56. The molecule has 1 amide bonds. The van der Waals surface area contributed by atoms with Crippen LogP contribution in [0.15, 0.2) is 83.9 Å². The Hall–Kier alpha value is -3.58. The molecule has 1 heterocycles. The van der Waals surface area contributed by atoms with Crippen LogP contribution < -0.4 is 9.64 Å². The highest BCUT2D eigenvalue weighted by Crippen LogP contribution is 2.36. The van der Waals surface area contributed by atoms with E-state index in [0.717, 1.165) is 16.9 Å². The molecule has 5 nitrogen and oxygen atoms in total. The second kappa shape index (κ2) is 9.07. The Morgan fingerprint density at radius 3 is 2.21 bits per heavy atom. The van der Waals surface area contributed by atoms with Gasteiger partial charge >= 0.3 is 6.54 Å². The lowest BCUT2D eigenvalue weighted by atomic mass is 10.1. The van der Waals surface area contributed by atoms with Gasteiger partial charge in [0.2, 0.25) is 0 Å². The average molecular weight is 396 g/mol. The van der Waals surface area contributed by atoms with Crippen molar-refractivity contribution in [3.05, 3.63) is 84.4 Å². The monoisotopic (exact) mass is 396 g/mol. The van der Waals surface area contributed by atoms with Crippen molar-refractivity contribution < 1.29 is 23.4 Å². The van der Waals surface area contributed by atoms with E-state index in [-0.39, 0.29) is 11.7 Å². The number of carbonyl (C=O) groups excluding carboxylic acids is 1. The van der Waals surface area contributed by atoms with Crippen LogP contribution in [-0.4, -0.2) is 30.4 Å². The third-order valence-electron chi connectivity index (χ3n) is 4.13. The van der Waals surface area contributed by atoms with Gasteiger partial charge in [-0.1, -0.05) is 36.4 Å². The molecule has 29 heavy (non-hydrogen) atoms. The van der Waals surface area contributed by atoms with Gasteiger partial charge in [0.15, 0.2) is 0 Å². The number of fused-ring (bicyclic) bond motifs is 1. The van der Waals surface area contributed by atoms with E-state index in [1.54, 1.807) is 17.0 Å². The first-order valence-corrected chi connectivity index (χ1v) is 8.68. The molecule has 7 heteroatoms. The summed E-state index contributed by atoms with van der Waals surface area (Å²) in [5, 5.41) is 8.62. The Morgan fingerprint density at radius 2 is 1.55 bits per heavy atom. The number of carbonyl (C=O) groups is 1. The van der Waals surface area contributed by atoms with Crippen LogP contribution in [-0.2, 0) is 4.79 Å². The molecule has 0 spiro atoms. The van der Waals surface area contributed by atoms with E-state index >= 15 is 0 Å². The largest absolute Gasteiger partial charge is 0.438 e. The molecule has 1 unspecified atom stereocenters. The van der Waals surface area contributed by atoms with Gasteiger partial charge in [-0.2, -0.15) is 4.39 Å². The maximum atomic E-state index is 13.1. The van der Waals surface area contributed by atoms with Crippen LogP contribution in [0.4, 0.5) is 25.8 Å². The number of para-hydroxylation sites is 2. The lowest BCUT2D eigenvalue weighted by Gasteiger charge is -2.16. The van der Waals surface area contributed by atoms with E-state index in [1.165, 1.54) is 12.1 Å². The zero-order valence-corrected chi connectivity index (χ0v) is 15.5. The number of benzene rings is 3. The first-order chi connectivity index (χ1) is 14.1. The summed E-state index contributed by atoms with van der Waals surface area (Å²) in [4.78, 5) is 19.2. The SMILES string of the molecule is CF.O=C1C(=Nc2ccc(OC(O)F)cc2)c2ccccc2N1c1ccccc1. The number of ether oxygens (including phenoxy) is 1. The minimum Gasteiger partial charge on any atom is -0.438 e. The number of aliphatic imine (C=N–C) groups is 1. The maximum absolute atomic E-state index is 13.1. The van der Waals surface area contributed by atoms with Crippen molar-refractivity contribution in [1.82, 2.24) is 0 Å². The molecule has 0 bridgehead atoms. The lowest BCUT2D eigenvalue weighted by Crippen LogP contribution is -2.25. The molecule has 3 aromatic carbocycles. The Kier molecular flexibility index (Phi) is 6.31. The fraction of sp³-hybridized carbons (Fsp3) is 0.0909. The molecule has 1 aliphatic heterocycles. The smallest absolute Gasteiger partial charge is 0.350 e. The van der Waals surface area contributed by atoms with Gasteiger partial charge in [0, 0.05) is 11.3 Å². The van der Waals surface area contributed by atoms with Gasteiger partial charge in [-0.05, 0) is 42.5 Å². The zero-order chi connectivity index (χ0) is 20.8. The third kappa shape index (κ3) is 4.30. The van der Waals surface area contributed by atoms with Gasteiger partial charge in [0.05, 0.1) is 18.6 Å². The topological polar surface area (TPSA) is 62.1 Å². The van der Waals surface area contributed by atoms with Gasteiger partial charge in [-0.15, -0.1) is 0 Å². The van der Waals surface area contributed by atoms with E-state index < -0.39 is 6.54 Å². The number of alkyl halides is 2. The number of halogens is 2. The second-order valence-corrected chi connectivity index (χ2v) is 5.86. The van der Waals surface area contributed by atoms with Crippen molar-refractivity contribution in [2.45, 2.75) is 6.54 Å². The molecular weight excluding hydrogens is 378 g/mol. The average Bonchev–Trinajstić information content (AvgIpc) is 3.03. The second-order valence-electron chi connectivity index (χ2n) is 5.86. The molecular formula is C22H18F2N2O3. The number of hydrogen-bond donors (Lipinski definition) is 1. The summed E-state index contributed by atoms with van der Waals surface area (Å²) in [5.74, 6) is -0.0556. The Bertz CT molecular complexity index is 1010. The van der Waals surface area contributed by atoms with Gasteiger partial charge in [-0.3, -0.25) is 14.1 Å². The number of nitrogens with zero attached hydrogens (tertiary/aromatic N) is 2. The number of aliphatic hydroxyl groups is 1. The third-order valence-corrected chi connectivity index (χ3v) is 4.13. The molecule has 0 radical (unpaired) electrons. The Morgan fingerprint density at radius 1 is 0.931 bits per heavy atom. The summed E-state index contributed by atoms with van der Waals surface area (Å²) in [6.07, 6.45) is 0. The fourth-order valence-electron chi connectivity index (χ4n) is 2.98. The quantitative estimate of drug-likeness (QED) is 0.651. The normalized spacial score (nSPS) is 14.8. The van der Waals surface area contributed by atoms with E-state index in [0.29, 0.717) is 18.6 Å². The molecule has 0 saturated heterocycles. The molecule has 0 aliphatic carbocycles. The van der Waals surface area contributed by atoms with Gasteiger partial charge in [-0.25, -0.2) is 4.99 Å². The molecule has 1 aliphatic rings. The molecule has 148 valence electrons. The number of anilines is 2. The molecule has 0 fully saturated rings. The molecule has 0 aromatic heterocycles. The van der Waals surface area contributed by atoms with Crippen LogP contribution in [0.2, 0.25) is 0 Å². The van der Waals surface area contributed by atoms with Gasteiger partial charge < -0.3 is 9.84 Å². The van der Waals surface area contributed by atoms with Crippen molar-refractivity contribution in [3.8, 4) is 5.75 Å². The Balaban J connectivity index is 0.00000117. The van der Waals surface area contributed by atoms with Crippen molar-refractivity contribution in [3.63, 3.8) is 0 Å². The van der Waals surface area contributed by atoms with E-state index in [4.69, 9.17) is 5.11 Å². The Labute approximate surface area is 166 Å². The lowest BCUT2D eigenvalue weighted by molar-refractivity contribution is -0.119. The zero-order valence-electron chi connectivity index (χ0n) is 15.5. The van der Waals surface area contributed by atoms with E-state index in [2.05, 4.69) is 9.73 Å². The summed E-state index contributed by atoms with van der Waals surface area (Å²) in [6.45, 7) is -2.38. The highest BCUT2D eigenvalue weighted by atomic mass is 19.2. The first kappa shape index (κ1) is 20.2. The molecule has 3 aromatic rings. The summed E-state index contributed by atoms with van der Waals surface area (Å²) < 4.78 is 26.5. The molecule has 0 saturated carbocycles. The van der Waals surface area contributed by atoms with Gasteiger partial charge in [0.25, 0.3) is 5.91 Å². The van der Waals surface area contributed by atoms with Crippen molar-refractivity contribution in [2.75, 3.05) is 12.1 Å². The molecule has 4 rings (SSSR count). The number of rotatable bonds is 4. The van der Waals surface area contributed by atoms with Crippen LogP contribution in [0, 0.1) is 0 Å². The van der Waals surface area contributed by atoms with E-state index in [1.807, 2.05) is 54.6 Å². The molecule has 1 atom stereocenters. The van der Waals surface area contributed by atoms with Crippen LogP contribution in [0.5, 0.6) is 5.75 Å². The number of hydrogen-bond acceptors (Lipinski definition) is 4. The van der Waals surface area contributed by atoms with Crippen molar-refractivity contribution in [2.24, 2.45) is 4.99 Å².